The van der Waals surface area contributed by atoms with Gasteiger partial charge in [0.2, 0.25) is 17.7 Å². The van der Waals surface area contributed by atoms with Gasteiger partial charge in [0.15, 0.2) is 0 Å². The zero-order valence-corrected chi connectivity index (χ0v) is 41.0. The average Bonchev–Trinajstić information content (AvgIpc) is 3.25. The van der Waals surface area contributed by atoms with Crippen LogP contribution in [0.2, 0.25) is 0 Å². The number of ether oxygens (including phenoxy) is 4. The van der Waals surface area contributed by atoms with Crippen LogP contribution in [0.5, 0.6) is 0 Å². The first-order valence-corrected chi connectivity index (χ1v) is 24.7. The Labute approximate surface area is 394 Å². The van der Waals surface area contributed by atoms with Gasteiger partial charge in [-0.25, -0.2) is 4.79 Å². The average molecular weight is 942 g/mol. The summed E-state index contributed by atoms with van der Waals surface area (Å²) in [5.41, 5.74) is -0.474. The molecule has 66 heavy (non-hydrogen) atoms. The molecule has 0 bridgehead atoms. The molecular weight excluding hydrogens is 855 g/mol. The summed E-state index contributed by atoms with van der Waals surface area (Å²) in [4.78, 5) is 95.1. The van der Waals surface area contributed by atoms with Crippen LogP contribution in [0.3, 0.4) is 0 Å². The van der Waals surface area contributed by atoms with Crippen molar-refractivity contribution in [2.45, 2.75) is 188 Å². The Morgan fingerprint density at radius 2 is 0.970 bits per heavy atom. The molecule has 5 N–H and O–H groups in total. The maximum Gasteiger partial charge on any atom is 0.326 e. The number of ketones is 3. The predicted octanol–water partition coefficient (Wildman–Crippen LogP) is 6.69. The van der Waals surface area contributed by atoms with E-state index < -0.39 is 23.4 Å². The molecule has 2 atom stereocenters. The maximum absolute atomic E-state index is 12.4. The summed E-state index contributed by atoms with van der Waals surface area (Å²) in [7, 11) is 0. The number of carbonyl (C=O) groups is 8. The van der Waals surface area contributed by atoms with E-state index >= 15 is 0 Å². The van der Waals surface area contributed by atoms with Gasteiger partial charge in [-0.3, -0.25) is 33.6 Å². The molecule has 0 radical (unpaired) electrons. The van der Waals surface area contributed by atoms with Crippen molar-refractivity contribution in [2.75, 3.05) is 65.9 Å². The van der Waals surface area contributed by atoms with Crippen molar-refractivity contribution in [1.82, 2.24) is 16.0 Å². The Bertz CT molecular complexity index is 1370. The van der Waals surface area contributed by atoms with Crippen LogP contribution in [0, 0.1) is 11.3 Å². The monoisotopic (exact) mass is 942 g/mol. The van der Waals surface area contributed by atoms with Crippen molar-refractivity contribution in [3.05, 3.63) is 0 Å². The lowest BCUT2D eigenvalue weighted by Gasteiger charge is -2.20. The zero-order valence-electron chi connectivity index (χ0n) is 41.0. The van der Waals surface area contributed by atoms with E-state index in [4.69, 9.17) is 24.1 Å². The highest BCUT2D eigenvalue weighted by Gasteiger charge is 2.26. The van der Waals surface area contributed by atoms with E-state index in [1.165, 1.54) is 51.9 Å². The first kappa shape index (κ1) is 62.2. The third-order valence-electron chi connectivity index (χ3n) is 11.1. The molecular formula is C49H87N3O14. The molecule has 0 heterocycles. The summed E-state index contributed by atoms with van der Waals surface area (Å²) in [5.74, 6) is -3.08. The van der Waals surface area contributed by atoms with E-state index in [0.717, 1.165) is 44.9 Å². The minimum absolute atomic E-state index is 0.0105. The molecule has 0 saturated heterocycles. The second-order valence-electron chi connectivity index (χ2n) is 18.2. The normalized spacial score (nSPS) is 12.3. The van der Waals surface area contributed by atoms with Crippen molar-refractivity contribution in [1.29, 1.82) is 0 Å². The van der Waals surface area contributed by atoms with Gasteiger partial charge in [-0.15, -0.1) is 0 Å². The number of Topliss-reactive ketones (excluding diaryl/α,β-unsaturated/α-hetero) is 3. The molecule has 0 saturated carbocycles. The highest BCUT2D eigenvalue weighted by molar-refractivity contribution is 5.89. The molecule has 17 heteroatoms. The molecule has 1 unspecified atom stereocenters. The van der Waals surface area contributed by atoms with E-state index in [1.54, 1.807) is 0 Å². The van der Waals surface area contributed by atoms with Crippen LogP contribution in [0.15, 0.2) is 0 Å². The lowest BCUT2D eigenvalue weighted by atomic mass is 9.82. The lowest BCUT2D eigenvalue weighted by Crippen LogP contribution is -2.41. The van der Waals surface area contributed by atoms with Crippen LogP contribution < -0.4 is 16.0 Å². The first-order chi connectivity index (χ1) is 31.5. The summed E-state index contributed by atoms with van der Waals surface area (Å²) < 4.78 is 21.5. The quantitative estimate of drug-likeness (QED) is 0.0399. The lowest BCUT2D eigenvalue weighted by molar-refractivity contribution is -0.142. The van der Waals surface area contributed by atoms with Crippen LogP contribution >= 0.6 is 0 Å². The number of nitrogens with one attached hydrogen (secondary N) is 3. The molecule has 0 aliphatic heterocycles. The first-order valence-electron chi connectivity index (χ1n) is 24.7. The van der Waals surface area contributed by atoms with Gasteiger partial charge >= 0.3 is 11.9 Å². The van der Waals surface area contributed by atoms with E-state index in [0.29, 0.717) is 38.8 Å². The summed E-state index contributed by atoms with van der Waals surface area (Å²) in [6, 6.07) is -1.11. The Balaban J connectivity index is 3.71. The molecule has 17 nitrogen and oxygen atoms in total. The number of carboxylic acid groups (broad SMARTS) is 2. The van der Waals surface area contributed by atoms with Gasteiger partial charge in [-0.1, -0.05) is 104 Å². The van der Waals surface area contributed by atoms with E-state index in [1.807, 2.05) is 20.8 Å². The van der Waals surface area contributed by atoms with Gasteiger partial charge in [0.05, 0.1) is 33.0 Å². The second kappa shape index (κ2) is 41.4. The Kier molecular flexibility index (Phi) is 39.0. The largest absolute Gasteiger partial charge is 0.481 e. The summed E-state index contributed by atoms with van der Waals surface area (Å²) in [6.07, 6.45) is 18.6. The fourth-order valence-electron chi connectivity index (χ4n) is 6.87. The van der Waals surface area contributed by atoms with Crippen molar-refractivity contribution in [2.24, 2.45) is 11.3 Å². The van der Waals surface area contributed by atoms with E-state index in [9.17, 15) is 43.5 Å². The molecule has 0 aliphatic rings. The molecule has 0 spiro atoms. The molecule has 3 amide bonds. The smallest absolute Gasteiger partial charge is 0.326 e. The highest BCUT2D eigenvalue weighted by atomic mass is 16.5. The van der Waals surface area contributed by atoms with Gasteiger partial charge in [0.1, 0.15) is 36.6 Å². The number of rotatable bonds is 47. The zero-order chi connectivity index (χ0) is 49.3. The Morgan fingerprint density at radius 3 is 1.47 bits per heavy atom. The van der Waals surface area contributed by atoms with Gasteiger partial charge < -0.3 is 45.1 Å². The maximum atomic E-state index is 12.4. The fraction of sp³-hybridized carbons (Fsp3) is 0.837. The third-order valence-corrected chi connectivity index (χ3v) is 11.1. The van der Waals surface area contributed by atoms with Crippen LogP contribution in [-0.2, 0) is 57.3 Å². The minimum Gasteiger partial charge on any atom is -0.481 e. The number of carboxylic acids is 2. The number of aliphatic carboxylic acids is 2. The van der Waals surface area contributed by atoms with E-state index in [-0.39, 0.29) is 132 Å². The highest BCUT2D eigenvalue weighted by Crippen LogP contribution is 2.23. The topological polar surface area (TPSA) is 250 Å². The van der Waals surface area contributed by atoms with Gasteiger partial charge in [-0.05, 0) is 45.4 Å². The molecule has 0 fully saturated rings. The number of carbonyl (C=O) groups excluding carboxylic acids is 6. The number of hydrogen-bond acceptors (Lipinski definition) is 12. The molecule has 0 aromatic rings. The second-order valence-corrected chi connectivity index (χ2v) is 18.2. The van der Waals surface area contributed by atoms with Crippen LogP contribution in [-0.4, -0.2) is 129 Å². The minimum atomic E-state index is -1.16. The van der Waals surface area contributed by atoms with Crippen LogP contribution in [0.1, 0.15) is 182 Å². The van der Waals surface area contributed by atoms with Gasteiger partial charge in [-0.2, -0.15) is 0 Å². The fourth-order valence-corrected chi connectivity index (χ4v) is 6.87. The molecule has 382 valence electrons. The van der Waals surface area contributed by atoms with Crippen molar-refractivity contribution in [3.8, 4) is 0 Å². The molecule has 0 aromatic carbocycles. The SMILES string of the molecule is CC(=O)[C@H](CCCCNC(=O)COCCOCCNC(=O)COCCOCCCC(=O)CCC(NC(=O)CCCCCCCCCCCCCCCCC(=O)O)C(=O)O)CC(=O)C(C)(C)C. The Morgan fingerprint density at radius 1 is 0.485 bits per heavy atom. The predicted molar refractivity (Wildman–Crippen MR) is 251 cm³/mol. The van der Waals surface area contributed by atoms with Crippen LogP contribution in [0.25, 0.3) is 0 Å². The third kappa shape index (κ3) is 40.5. The van der Waals surface area contributed by atoms with E-state index in [2.05, 4.69) is 16.0 Å². The van der Waals surface area contributed by atoms with Crippen molar-refractivity contribution >= 4 is 47.0 Å². The van der Waals surface area contributed by atoms with Crippen molar-refractivity contribution in [3.63, 3.8) is 0 Å². The number of hydrogen-bond donors (Lipinski definition) is 5. The molecule has 0 aliphatic carbocycles. The molecule has 0 aromatic heterocycles. The molecule has 0 rings (SSSR count). The Hall–Kier alpha value is -3.80. The number of unbranched alkanes of at least 4 members (excludes halogenated alkanes) is 14. The van der Waals surface area contributed by atoms with Gasteiger partial charge in [0, 0.05) is 63.1 Å². The standard InChI is InChI=1S/C49H87N3O14/c1-39(53)40(36-43(55)49(2,3)4)22-19-20-28-50-45(57)37-66-35-33-64-31-29-51-46(58)38-65-34-32-63-30-21-23-41(54)26-27-42(48(61)62)52-44(56)24-17-15-13-11-9-7-5-6-8-10-12-14-16-18-25-47(59)60/h40,42H,5-38H2,1-4H3,(H,50,57)(H,51,58)(H,52,56)(H,59,60)(H,61,62)/t40-,42?/m1/s1. The number of amides is 3. The summed E-state index contributed by atoms with van der Waals surface area (Å²) in [6.45, 7) is 8.95. The van der Waals surface area contributed by atoms with Crippen LogP contribution in [0.4, 0.5) is 0 Å². The van der Waals surface area contributed by atoms with Gasteiger partial charge in [0.25, 0.3) is 0 Å². The summed E-state index contributed by atoms with van der Waals surface area (Å²) in [5, 5.41) is 26.2. The summed E-state index contributed by atoms with van der Waals surface area (Å²) >= 11 is 0. The van der Waals surface area contributed by atoms with Crippen molar-refractivity contribution < 1.29 is 67.5 Å².